The molecule has 0 saturated carbocycles. The molecule has 0 unspecified atom stereocenters. The van der Waals surface area contributed by atoms with Crippen LogP contribution in [0.3, 0.4) is 0 Å². The van der Waals surface area contributed by atoms with Gasteiger partial charge in [0.25, 0.3) is 0 Å². The third-order valence-corrected chi connectivity index (χ3v) is 5.59. The normalized spacial score (nSPS) is 11.7. The number of aromatic carboxylic acids is 1. The number of carboxylic acids is 1. The van der Waals surface area contributed by atoms with Gasteiger partial charge in [0.2, 0.25) is 0 Å². The van der Waals surface area contributed by atoms with Crippen LogP contribution in [0.2, 0.25) is 25.7 Å². The van der Waals surface area contributed by atoms with E-state index in [0.29, 0.717) is 18.9 Å². The fourth-order valence-corrected chi connectivity index (χ4v) is 3.17. The molecule has 0 atom stereocenters. The summed E-state index contributed by atoms with van der Waals surface area (Å²) < 4.78 is 7.78. The number of carbonyl (C=O) groups is 1. The van der Waals surface area contributed by atoms with E-state index in [1.54, 1.807) is 6.07 Å². The average molecular weight is 331 g/mol. The first kappa shape index (κ1) is 17.5. The van der Waals surface area contributed by atoms with Gasteiger partial charge in [0.15, 0.2) is 0 Å². The Labute approximate surface area is 138 Å². The molecular formula is C18H25NO3Si. The molecule has 0 aliphatic carbocycles. The lowest BCUT2D eigenvalue weighted by Gasteiger charge is -2.17. The van der Waals surface area contributed by atoms with Gasteiger partial charge in [-0.25, -0.2) is 4.79 Å². The SMILES string of the molecule is Cc1c(C(=O)O)cc(-c2ccccc2)n1COCC[Si](C)(C)C. The van der Waals surface area contributed by atoms with Crippen LogP contribution in [0, 0.1) is 6.92 Å². The predicted octanol–water partition coefficient (Wildman–Crippen LogP) is 4.47. The summed E-state index contributed by atoms with van der Waals surface area (Å²) in [6, 6.07) is 12.7. The van der Waals surface area contributed by atoms with Gasteiger partial charge in [0, 0.05) is 20.4 Å². The summed E-state index contributed by atoms with van der Waals surface area (Å²) in [5.41, 5.74) is 2.94. The lowest BCUT2D eigenvalue weighted by atomic mass is 10.1. The number of benzene rings is 1. The highest BCUT2D eigenvalue weighted by Crippen LogP contribution is 2.26. The molecule has 5 heteroatoms. The third-order valence-electron chi connectivity index (χ3n) is 3.88. The molecule has 1 N–H and O–H groups in total. The van der Waals surface area contributed by atoms with Gasteiger partial charge < -0.3 is 14.4 Å². The molecule has 124 valence electrons. The van der Waals surface area contributed by atoms with Crippen molar-refractivity contribution in [1.29, 1.82) is 0 Å². The second-order valence-electron chi connectivity index (χ2n) is 6.98. The van der Waals surface area contributed by atoms with E-state index < -0.39 is 14.0 Å². The maximum atomic E-state index is 11.4. The molecule has 4 nitrogen and oxygen atoms in total. The molecular weight excluding hydrogens is 306 g/mol. The fraction of sp³-hybridized carbons (Fsp3) is 0.389. The first-order valence-corrected chi connectivity index (χ1v) is 11.6. The van der Waals surface area contributed by atoms with Crippen molar-refractivity contribution in [2.75, 3.05) is 6.61 Å². The standard InChI is InChI=1S/C18H25NO3Si/c1-14-16(18(20)21)12-17(15-8-6-5-7-9-15)19(14)13-22-10-11-23(2,3)4/h5-9,12H,10-11,13H2,1-4H3,(H,20,21). The third kappa shape index (κ3) is 4.56. The molecule has 0 aliphatic rings. The minimum atomic E-state index is -1.13. The van der Waals surface area contributed by atoms with Crippen molar-refractivity contribution in [3.05, 3.63) is 47.7 Å². The zero-order valence-corrected chi connectivity index (χ0v) is 15.3. The van der Waals surface area contributed by atoms with Crippen LogP contribution in [-0.4, -0.2) is 30.3 Å². The number of ether oxygens (including phenoxy) is 1. The Morgan fingerprint density at radius 3 is 2.43 bits per heavy atom. The summed E-state index contributed by atoms with van der Waals surface area (Å²) >= 11 is 0. The van der Waals surface area contributed by atoms with Crippen LogP contribution in [0.1, 0.15) is 16.1 Å². The lowest BCUT2D eigenvalue weighted by molar-refractivity contribution is 0.0692. The summed E-state index contributed by atoms with van der Waals surface area (Å²) in [4.78, 5) is 11.4. The van der Waals surface area contributed by atoms with E-state index in [0.717, 1.165) is 23.0 Å². The smallest absolute Gasteiger partial charge is 0.337 e. The van der Waals surface area contributed by atoms with Crippen molar-refractivity contribution in [2.24, 2.45) is 0 Å². The van der Waals surface area contributed by atoms with E-state index in [-0.39, 0.29) is 0 Å². The monoisotopic (exact) mass is 331 g/mol. The van der Waals surface area contributed by atoms with Crippen molar-refractivity contribution in [3.63, 3.8) is 0 Å². The zero-order chi connectivity index (χ0) is 17.0. The second-order valence-corrected chi connectivity index (χ2v) is 12.6. The lowest BCUT2D eigenvalue weighted by Crippen LogP contribution is -2.22. The van der Waals surface area contributed by atoms with E-state index >= 15 is 0 Å². The van der Waals surface area contributed by atoms with Gasteiger partial charge >= 0.3 is 5.97 Å². The topological polar surface area (TPSA) is 51.5 Å². The van der Waals surface area contributed by atoms with Gasteiger partial charge in [-0.05, 0) is 24.6 Å². The molecule has 23 heavy (non-hydrogen) atoms. The summed E-state index contributed by atoms with van der Waals surface area (Å²) in [5, 5.41) is 9.38. The van der Waals surface area contributed by atoms with E-state index in [1.807, 2.05) is 41.8 Å². The van der Waals surface area contributed by atoms with E-state index in [9.17, 15) is 9.90 Å². The van der Waals surface area contributed by atoms with Crippen molar-refractivity contribution in [3.8, 4) is 11.3 Å². The predicted molar refractivity (Wildman–Crippen MR) is 95.7 cm³/mol. The molecule has 0 aliphatic heterocycles. The molecule has 2 rings (SSSR count). The summed E-state index contributed by atoms with van der Waals surface area (Å²) in [6.07, 6.45) is 0. The molecule has 0 fully saturated rings. The van der Waals surface area contributed by atoms with E-state index in [2.05, 4.69) is 19.6 Å². The Bertz CT molecular complexity index is 672. The maximum Gasteiger partial charge on any atom is 0.337 e. The van der Waals surface area contributed by atoms with Crippen molar-refractivity contribution in [2.45, 2.75) is 39.3 Å². The molecule has 1 heterocycles. The Morgan fingerprint density at radius 1 is 1.22 bits per heavy atom. The fourth-order valence-electron chi connectivity index (χ4n) is 2.41. The average Bonchev–Trinajstić information content (AvgIpc) is 2.81. The van der Waals surface area contributed by atoms with Gasteiger partial charge in [-0.2, -0.15) is 0 Å². The van der Waals surface area contributed by atoms with Gasteiger partial charge in [-0.15, -0.1) is 0 Å². The van der Waals surface area contributed by atoms with Crippen molar-refractivity contribution >= 4 is 14.0 Å². The zero-order valence-electron chi connectivity index (χ0n) is 14.3. The van der Waals surface area contributed by atoms with Crippen LogP contribution in [0.4, 0.5) is 0 Å². The van der Waals surface area contributed by atoms with Gasteiger partial charge in [0.05, 0.1) is 11.3 Å². The molecule has 1 aromatic heterocycles. The molecule has 0 amide bonds. The van der Waals surface area contributed by atoms with E-state index in [4.69, 9.17) is 4.74 Å². The van der Waals surface area contributed by atoms with Crippen molar-refractivity contribution < 1.29 is 14.6 Å². The van der Waals surface area contributed by atoms with Gasteiger partial charge in [0.1, 0.15) is 6.73 Å². The highest BCUT2D eigenvalue weighted by Gasteiger charge is 2.18. The minimum Gasteiger partial charge on any atom is -0.478 e. The van der Waals surface area contributed by atoms with Crippen LogP contribution >= 0.6 is 0 Å². The summed E-state index contributed by atoms with van der Waals surface area (Å²) in [6.45, 7) is 9.87. The van der Waals surface area contributed by atoms with Gasteiger partial charge in [-0.3, -0.25) is 0 Å². The molecule has 1 aromatic carbocycles. The summed E-state index contributed by atoms with van der Waals surface area (Å²) in [7, 11) is -1.13. The highest BCUT2D eigenvalue weighted by atomic mass is 28.3. The van der Waals surface area contributed by atoms with Crippen LogP contribution in [0.15, 0.2) is 36.4 Å². The number of nitrogens with zero attached hydrogens (tertiary/aromatic N) is 1. The Kier molecular flexibility index (Phi) is 5.44. The number of hydrogen-bond acceptors (Lipinski definition) is 2. The van der Waals surface area contributed by atoms with Crippen LogP contribution in [0.5, 0.6) is 0 Å². The van der Waals surface area contributed by atoms with Crippen LogP contribution < -0.4 is 0 Å². The van der Waals surface area contributed by atoms with Crippen molar-refractivity contribution in [1.82, 2.24) is 4.57 Å². The number of aromatic nitrogens is 1. The first-order chi connectivity index (χ1) is 10.8. The Morgan fingerprint density at radius 2 is 1.87 bits per heavy atom. The minimum absolute atomic E-state index is 0.331. The highest BCUT2D eigenvalue weighted by molar-refractivity contribution is 6.76. The molecule has 0 saturated heterocycles. The molecule has 0 radical (unpaired) electrons. The first-order valence-electron chi connectivity index (χ1n) is 7.86. The Balaban J connectivity index is 2.24. The Hall–Kier alpha value is -1.85. The largest absolute Gasteiger partial charge is 0.478 e. The number of hydrogen-bond donors (Lipinski definition) is 1. The summed E-state index contributed by atoms with van der Waals surface area (Å²) in [5.74, 6) is -0.902. The molecule has 0 spiro atoms. The maximum absolute atomic E-state index is 11.4. The quantitative estimate of drug-likeness (QED) is 0.601. The van der Waals surface area contributed by atoms with Crippen LogP contribution in [0.25, 0.3) is 11.3 Å². The number of carboxylic acid groups (broad SMARTS) is 1. The second kappa shape index (κ2) is 7.15. The van der Waals surface area contributed by atoms with Gasteiger partial charge in [-0.1, -0.05) is 50.0 Å². The molecule has 0 bridgehead atoms. The van der Waals surface area contributed by atoms with E-state index in [1.165, 1.54) is 0 Å². The van der Waals surface area contributed by atoms with Crippen LogP contribution in [-0.2, 0) is 11.5 Å². The number of rotatable bonds is 7. The molecule has 2 aromatic rings.